The van der Waals surface area contributed by atoms with Gasteiger partial charge in [-0.05, 0) is 33.0 Å². The second-order valence-electron chi connectivity index (χ2n) is 10.8. The summed E-state index contributed by atoms with van der Waals surface area (Å²) in [5.74, 6) is -2.82. The molecule has 9 nitrogen and oxygen atoms in total. The number of carbonyl (C=O) groups is 1. The normalized spacial score (nSPS) is 19.9. The number of likely N-dealkylation sites (N-methyl/N-ethyl adjacent to an activating group) is 1. The molecular formula is C29H31F5N6O3. The van der Waals surface area contributed by atoms with Gasteiger partial charge in [0.2, 0.25) is 5.56 Å². The topological polar surface area (TPSA) is 93.8 Å². The number of hydrogen-bond donors (Lipinski definition) is 2. The van der Waals surface area contributed by atoms with E-state index >= 15 is 8.78 Å². The molecule has 2 saturated heterocycles. The lowest BCUT2D eigenvalue weighted by Gasteiger charge is -2.44. The molecule has 0 spiro atoms. The molecule has 2 atom stereocenters. The number of morpholine rings is 1. The highest BCUT2D eigenvalue weighted by Gasteiger charge is 2.37. The Hall–Kier alpha value is -4.04. The standard InChI is InChI=1S/C29H31F5N6O3/c1-16-14-40(15-17(2)38(16)3)22-11-21(30)25(18-4-5-23(35-12-18)39-6-8-43-9-7-39)26(31)27(22)37-28(42)19-13-36-24(41)10-20(19)29(32,33)34/h4-5,10-13,16-17H,6-9,14-15H2,1-3H3,(H,36,41)(H,37,42)/t16-,17+. The van der Waals surface area contributed by atoms with Crippen LogP contribution in [0.25, 0.3) is 11.1 Å². The van der Waals surface area contributed by atoms with Crippen LogP contribution in [0.2, 0.25) is 0 Å². The number of ether oxygens (including phenoxy) is 1. The van der Waals surface area contributed by atoms with Gasteiger partial charge in [0.15, 0.2) is 5.82 Å². The highest BCUT2D eigenvalue weighted by Crippen LogP contribution is 2.40. The molecule has 2 aliphatic rings. The average Bonchev–Trinajstić information content (AvgIpc) is 2.97. The number of rotatable bonds is 5. The molecule has 14 heteroatoms. The van der Waals surface area contributed by atoms with Gasteiger partial charge in [0, 0.05) is 68.4 Å². The van der Waals surface area contributed by atoms with E-state index in [-0.39, 0.29) is 29.4 Å². The zero-order valence-electron chi connectivity index (χ0n) is 23.8. The van der Waals surface area contributed by atoms with Gasteiger partial charge in [0.05, 0.1) is 35.6 Å². The van der Waals surface area contributed by atoms with Gasteiger partial charge in [-0.15, -0.1) is 0 Å². The second kappa shape index (κ2) is 11.9. The van der Waals surface area contributed by atoms with Gasteiger partial charge in [0.1, 0.15) is 17.3 Å². The zero-order valence-corrected chi connectivity index (χ0v) is 23.8. The Morgan fingerprint density at radius 3 is 2.35 bits per heavy atom. The maximum Gasteiger partial charge on any atom is 0.417 e. The molecule has 5 rings (SSSR count). The predicted molar refractivity (Wildman–Crippen MR) is 152 cm³/mol. The van der Waals surface area contributed by atoms with Crippen molar-refractivity contribution in [2.24, 2.45) is 0 Å². The van der Waals surface area contributed by atoms with Crippen molar-refractivity contribution < 1.29 is 31.5 Å². The van der Waals surface area contributed by atoms with Crippen LogP contribution in [-0.4, -0.2) is 79.3 Å². The van der Waals surface area contributed by atoms with Crippen molar-refractivity contribution in [1.29, 1.82) is 0 Å². The molecule has 1 aromatic carbocycles. The summed E-state index contributed by atoms with van der Waals surface area (Å²) in [6.07, 6.45) is -3.11. The highest BCUT2D eigenvalue weighted by atomic mass is 19.4. The van der Waals surface area contributed by atoms with Crippen molar-refractivity contribution in [3.05, 3.63) is 69.8 Å². The number of halogens is 5. The molecule has 0 aliphatic carbocycles. The third-order valence-corrected chi connectivity index (χ3v) is 7.98. The average molecular weight is 607 g/mol. The van der Waals surface area contributed by atoms with Crippen LogP contribution in [0.1, 0.15) is 29.8 Å². The Balaban J connectivity index is 1.59. The number of carbonyl (C=O) groups excluding carboxylic acids is 1. The molecule has 4 heterocycles. The van der Waals surface area contributed by atoms with Crippen LogP contribution in [0, 0.1) is 11.6 Å². The van der Waals surface area contributed by atoms with E-state index in [0.29, 0.717) is 51.4 Å². The van der Waals surface area contributed by atoms with E-state index < -0.39 is 51.7 Å². The van der Waals surface area contributed by atoms with E-state index in [1.54, 1.807) is 11.0 Å². The van der Waals surface area contributed by atoms with Crippen LogP contribution in [0.3, 0.4) is 0 Å². The molecule has 3 aromatic rings. The van der Waals surface area contributed by atoms with Gasteiger partial charge in [0.25, 0.3) is 5.91 Å². The van der Waals surface area contributed by atoms with Crippen molar-refractivity contribution in [3.63, 3.8) is 0 Å². The van der Waals surface area contributed by atoms with Gasteiger partial charge in [-0.3, -0.25) is 14.5 Å². The molecule has 230 valence electrons. The first kappa shape index (κ1) is 30.4. The van der Waals surface area contributed by atoms with Crippen molar-refractivity contribution in [1.82, 2.24) is 14.9 Å². The zero-order chi connectivity index (χ0) is 31.1. The van der Waals surface area contributed by atoms with E-state index in [1.165, 1.54) is 12.3 Å². The van der Waals surface area contributed by atoms with Gasteiger partial charge in [-0.1, -0.05) is 0 Å². The number of hydrogen-bond acceptors (Lipinski definition) is 7. The van der Waals surface area contributed by atoms with E-state index in [1.807, 2.05) is 25.8 Å². The molecule has 2 aliphatic heterocycles. The minimum absolute atomic E-state index is 0.0187. The van der Waals surface area contributed by atoms with Crippen LogP contribution in [0.5, 0.6) is 0 Å². The Kier molecular flexibility index (Phi) is 8.43. The molecule has 2 fully saturated rings. The first-order valence-corrected chi connectivity index (χ1v) is 13.7. The van der Waals surface area contributed by atoms with Gasteiger partial charge < -0.3 is 24.8 Å². The Morgan fingerprint density at radius 2 is 1.74 bits per heavy atom. The molecule has 0 bridgehead atoms. The molecule has 0 unspecified atom stereocenters. The number of nitrogens with zero attached hydrogens (tertiary/aromatic N) is 4. The molecule has 1 amide bonds. The minimum Gasteiger partial charge on any atom is -0.378 e. The van der Waals surface area contributed by atoms with Gasteiger partial charge in [-0.25, -0.2) is 13.8 Å². The quantitative estimate of drug-likeness (QED) is 0.418. The van der Waals surface area contributed by atoms with E-state index in [0.717, 1.165) is 6.07 Å². The van der Waals surface area contributed by atoms with Crippen LogP contribution in [0.4, 0.5) is 39.1 Å². The van der Waals surface area contributed by atoms with Crippen LogP contribution in [-0.2, 0) is 10.9 Å². The molecular weight excluding hydrogens is 575 g/mol. The summed E-state index contributed by atoms with van der Waals surface area (Å²) in [5, 5.41) is 2.27. The maximum absolute atomic E-state index is 16.4. The number of nitrogens with one attached hydrogen (secondary N) is 2. The number of piperazine rings is 1. The lowest BCUT2D eigenvalue weighted by Crippen LogP contribution is -2.55. The van der Waals surface area contributed by atoms with E-state index in [4.69, 9.17) is 4.74 Å². The molecule has 43 heavy (non-hydrogen) atoms. The van der Waals surface area contributed by atoms with Crippen molar-refractivity contribution in [2.75, 3.05) is 61.6 Å². The first-order chi connectivity index (χ1) is 20.3. The largest absolute Gasteiger partial charge is 0.417 e. The molecule has 2 N–H and O–H groups in total. The fourth-order valence-corrected chi connectivity index (χ4v) is 5.43. The summed E-state index contributed by atoms with van der Waals surface area (Å²) < 4.78 is 78.7. The highest BCUT2D eigenvalue weighted by molar-refractivity contribution is 6.07. The summed E-state index contributed by atoms with van der Waals surface area (Å²) in [5.41, 5.74) is -4.38. The number of pyridine rings is 2. The fourth-order valence-electron chi connectivity index (χ4n) is 5.43. The summed E-state index contributed by atoms with van der Waals surface area (Å²) in [6.45, 7) is 6.78. The van der Waals surface area contributed by atoms with Gasteiger partial charge >= 0.3 is 6.18 Å². The summed E-state index contributed by atoms with van der Waals surface area (Å²) in [6, 6.07) is 4.37. The lowest BCUT2D eigenvalue weighted by atomic mass is 10.0. The number of benzene rings is 1. The third-order valence-electron chi connectivity index (χ3n) is 7.98. The van der Waals surface area contributed by atoms with Crippen molar-refractivity contribution >= 4 is 23.1 Å². The number of aromatic amines is 1. The summed E-state index contributed by atoms with van der Waals surface area (Å²) in [7, 11) is 1.92. The van der Waals surface area contributed by atoms with Crippen LogP contribution >= 0.6 is 0 Å². The third kappa shape index (κ3) is 6.20. The van der Waals surface area contributed by atoms with E-state index in [2.05, 4.69) is 20.2 Å². The van der Waals surface area contributed by atoms with Crippen LogP contribution in [0.15, 0.2) is 41.5 Å². The van der Waals surface area contributed by atoms with Crippen molar-refractivity contribution in [3.8, 4) is 11.1 Å². The second-order valence-corrected chi connectivity index (χ2v) is 10.8. The number of aromatic nitrogens is 2. The molecule has 0 radical (unpaired) electrons. The summed E-state index contributed by atoms with van der Waals surface area (Å²) in [4.78, 5) is 37.1. The van der Waals surface area contributed by atoms with Crippen LogP contribution < -0.4 is 20.7 Å². The molecule has 0 saturated carbocycles. The minimum atomic E-state index is -5.04. The SMILES string of the molecule is C[C@@H]1CN(c2cc(F)c(-c3ccc(N4CCOCC4)nc3)c(F)c2NC(=O)c2c[nH]c(=O)cc2C(F)(F)F)C[C@H](C)N1C. The number of alkyl halides is 3. The fraction of sp³-hybridized carbons (Fsp3) is 0.414. The number of anilines is 3. The first-order valence-electron chi connectivity index (χ1n) is 13.7. The predicted octanol–water partition coefficient (Wildman–Crippen LogP) is 4.35. The Labute approximate surface area is 244 Å². The van der Waals surface area contributed by atoms with Crippen molar-refractivity contribution in [2.45, 2.75) is 32.1 Å². The summed E-state index contributed by atoms with van der Waals surface area (Å²) >= 11 is 0. The maximum atomic E-state index is 16.4. The Bertz CT molecular complexity index is 1540. The number of H-pyrrole nitrogens is 1. The lowest BCUT2D eigenvalue weighted by molar-refractivity contribution is -0.138. The monoisotopic (exact) mass is 606 g/mol. The number of amides is 1. The Morgan fingerprint density at radius 1 is 1.07 bits per heavy atom. The molecule has 2 aromatic heterocycles. The van der Waals surface area contributed by atoms with Gasteiger partial charge in [-0.2, -0.15) is 13.2 Å². The smallest absolute Gasteiger partial charge is 0.378 e. The van der Waals surface area contributed by atoms with E-state index in [9.17, 15) is 22.8 Å².